The summed E-state index contributed by atoms with van der Waals surface area (Å²) in [5.41, 5.74) is 4.07. The molecular formula is C12H14BrN3S. The zero-order chi connectivity index (χ0) is 12.1. The van der Waals surface area contributed by atoms with E-state index in [4.69, 9.17) is 5.84 Å². The van der Waals surface area contributed by atoms with Crippen molar-refractivity contribution in [3.05, 3.63) is 50.9 Å². The number of nitrogens with two attached hydrogens (primary N) is 1. The average molecular weight is 312 g/mol. The highest BCUT2D eigenvalue weighted by Crippen LogP contribution is 2.24. The Morgan fingerprint density at radius 3 is 2.88 bits per heavy atom. The number of nitrogens with zero attached hydrogens (tertiary/aromatic N) is 1. The second-order valence-corrected chi connectivity index (χ2v) is 5.68. The fourth-order valence-electron chi connectivity index (χ4n) is 1.69. The topological polar surface area (TPSA) is 50.9 Å². The van der Waals surface area contributed by atoms with Gasteiger partial charge in [-0.3, -0.25) is 16.3 Å². The molecule has 3 nitrogen and oxygen atoms in total. The van der Waals surface area contributed by atoms with Gasteiger partial charge in [-0.05, 0) is 51.8 Å². The molecule has 0 aliphatic rings. The normalized spacial score (nSPS) is 12.6. The van der Waals surface area contributed by atoms with Crippen LogP contribution in [0.3, 0.4) is 0 Å². The maximum absolute atomic E-state index is 5.61. The van der Waals surface area contributed by atoms with Crippen molar-refractivity contribution in [3.63, 3.8) is 0 Å². The molecule has 5 heteroatoms. The van der Waals surface area contributed by atoms with E-state index in [1.807, 2.05) is 12.3 Å². The van der Waals surface area contributed by atoms with Gasteiger partial charge in [-0.1, -0.05) is 6.07 Å². The minimum absolute atomic E-state index is 0.231. The molecule has 2 aromatic heterocycles. The summed E-state index contributed by atoms with van der Waals surface area (Å²) < 4.78 is 1.16. The molecule has 0 fully saturated rings. The Hall–Kier alpha value is -0.750. The number of hydrazine groups is 1. The van der Waals surface area contributed by atoms with Crippen molar-refractivity contribution < 1.29 is 0 Å². The molecule has 0 saturated carbocycles. The van der Waals surface area contributed by atoms with E-state index in [2.05, 4.69) is 43.9 Å². The first kappa shape index (κ1) is 12.7. The van der Waals surface area contributed by atoms with Gasteiger partial charge in [-0.25, -0.2) is 0 Å². The Balaban J connectivity index is 2.00. The van der Waals surface area contributed by atoms with E-state index >= 15 is 0 Å². The molecule has 2 heterocycles. The number of hydrogen-bond donors (Lipinski definition) is 2. The summed E-state index contributed by atoms with van der Waals surface area (Å²) in [7, 11) is 0. The molecule has 0 aliphatic carbocycles. The van der Waals surface area contributed by atoms with E-state index in [1.165, 1.54) is 10.4 Å². The first-order valence-corrected chi connectivity index (χ1v) is 7.03. The molecule has 2 aromatic rings. The molecule has 90 valence electrons. The quantitative estimate of drug-likeness (QED) is 0.659. The van der Waals surface area contributed by atoms with Gasteiger partial charge in [0.2, 0.25) is 0 Å². The van der Waals surface area contributed by atoms with Gasteiger partial charge in [0, 0.05) is 27.8 Å². The number of aromatic nitrogens is 1. The van der Waals surface area contributed by atoms with Crippen LogP contribution in [0.15, 0.2) is 40.4 Å². The van der Waals surface area contributed by atoms with E-state index in [0.717, 1.165) is 17.3 Å². The third-order valence-corrected chi connectivity index (χ3v) is 4.51. The zero-order valence-corrected chi connectivity index (χ0v) is 11.7. The second-order valence-electron chi connectivity index (χ2n) is 3.82. The van der Waals surface area contributed by atoms with Crippen LogP contribution in [0.5, 0.6) is 0 Å². The number of rotatable bonds is 5. The van der Waals surface area contributed by atoms with Crippen LogP contribution in [0.4, 0.5) is 0 Å². The standard InChI is InChI=1S/C12H14BrN3S/c13-11-3-5-17-12(11)7-10(16-14)6-9-2-1-4-15-8-9/h1-5,8,10,16H,6-7,14H2. The molecule has 2 rings (SSSR count). The molecule has 0 spiro atoms. The highest BCUT2D eigenvalue weighted by Gasteiger charge is 2.11. The van der Waals surface area contributed by atoms with Gasteiger partial charge in [0.1, 0.15) is 0 Å². The maximum Gasteiger partial charge on any atom is 0.0314 e. The molecule has 1 atom stereocenters. The van der Waals surface area contributed by atoms with Crippen LogP contribution in [0.25, 0.3) is 0 Å². The summed E-state index contributed by atoms with van der Waals surface area (Å²) in [6.45, 7) is 0. The molecule has 0 radical (unpaired) electrons. The van der Waals surface area contributed by atoms with Crippen LogP contribution in [-0.2, 0) is 12.8 Å². The Labute approximate surface area is 113 Å². The van der Waals surface area contributed by atoms with Crippen molar-refractivity contribution in [1.29, 1.82) is 0 Å². The number of halogens is 1. The lowest BCUT2D eigenvalue weighted by Gasteiger charge is -2.15. The molecular weight excluding hydrogens is 298 g/mol. The van der Waals surface area contributed by atoms with Crippen LogP contribution in [0.2, 0.25) is 0 Å². The third kappa shape index (κ3) is 3.61. The summed E-state index contributed by atoms with van der Waals surface area (Å²) in [5, 5.41) is 2.08. The van der Waals surface area contributed by atoms with Gasteiger partial charge in [0.25, 0.3) is 0 Å². The van der Waals surface area contributed by atoms with E-state index in [-0.39, 0.29) is 6.04 Å². The Bertz CT molecular complexity index is 458. The lowest BCUT2D eigenvalue weighted by molar-refractivity contribution is 0.524. The van der Waals surface area contributed by atoms with Gasteiger partial charge < -0.3 is 0 Å². The molecule has 1 unspecified atom stereocenters. The van der Waals surface area contributed by atoms with E-state index in [0.29, 0.717) is 0 Å². The van der Waals surface area contributed by atoms with Crippen LogP contribution >= 0.6 is 27.3 Å². The van der Waals surface area contributed by atoms with Gasteiger partial charge in [0.05, 0.1) is 0 Å². The monoisotopic (exact) mass is 311 g/mol. The molecule has 0 amide bonds. The number of pyridine rings is 1. The first-order valence-electron chi connectivity index (χ1n) is 5.36. The van der Waals surface area contributed by atoms with Crippen LogP contribution in [-0.4, -0.2) is 11.0 Å². The molecule has 0 saturated heterocycles. The number of hydrogen-bond acceptors (Lipinski definition) is 4. The fourth-order valence-corrected chi connectivity index (χ4v) is 3.28. The van der Waals surface area contributed by atoms with Gasteiger partial charge in [-0.2, -0.15) is 0 Å². The van der Waals surface area contributed by atoms with Crippen LogP contribution in [0, 0.1) is 0 Å². The van der Waals surface area contributed by atoms with Crippen molar-refractivity contribution in [2.75, 3.05) is 0 Å². The summed E-state index contributed by atoms with van der Waals surface area (Å²) in [6.07, 6.45) is 5.47. The minimum Gasteiger partial charge on any atom is -0.271 e. The Morgan fingerprint density at radius 2 is 2.29 bits per heavy atom. The number of nitrogens with one attached hydrogen (secondary N) is 1. The zero-order valence-electron chi connectivity index (χ0n) is 9.27. The smallest absolute Gasteiger partial charge is 0.0314 e. The van der Waals surface area contributed by atoms with E-state index in [9.17, 15) is 0 Å². The average Bonchev–Trinajstić information content (AvgIpc) is 2.75. The van der Waals surface area contributed by atoms with E-state index < -0.39 is 0 Å². The van der Waals surface area contributed by atoms with Crippen molar-refractivity contribution in [2.45, 2.75) is 18.9 Å². The summed E-state index contributed by atoms with van der Waals surface area (Å²) in [4.78, 5) is 5.43. The predicted octanol–water partition coefficient (Wildman–Crippen LogP) is 2.52. The van der Waals surface area contributed by atoms with Gasteiger partial charge >= 0.3 is 0 Å². The SMILES string of the molecule is NNC(Cc1cccnc1)Cc1sccc1Br. The van der Waals surface area contributed by atoms with Gasteiger partial charge in [-0.15, -0.1) is 11.3 Å². The van der Waals surface area contributed by atoms with Crippen molar-refractivity contribution in [2.24, 2.45) is 5.84 Å². The van der Waals surface area contributed by atoms with Crippen LogP contribution in [0.1, 0.15) is 10.4 Å². The number of thiophene rings is 1. The summed E-state index contributed by atoms with van der Waals surface area (Å²) in [5.74, 6) is 5.61. The lowest BCUT2D eigenvalue weighted by Crippen LogP contribution is -2.38. The van der Waals surface area contributed by atoms with Crippen molar-refractivity contribution >= 4 is 27.3 Å². The largest absolute Gasteiger partial charge is 0.271 e. The van der Waals surface area contributed by atoms with Crippen LogP contribution < -0.4 is 11.3 Å². The van der Waals surface area contributed by atoms with E-state index in [1.54, 1.807) is 17.5 Å². The van der Waals surface area contributed by atoms with Crippen molar-refractivity contribution in [3.8, 4) is 0 Å². The molecule has 3 N–H and O–H groups in total. The Kier molecular flexibility index (Phi) is 4.67. The molecule has 17 heavy (non-hydrogen) atoms. The third-order valence-electron chi connectivity index (χ3n) is 2.56. The summed E-state index contributed by atoms with van der Waals surface area (Å²) >= 11 is 5.28. The maximum atomic E-state index is 5.61. The second kappa shape index (κ2) is 6.26. The highest BCUT2D eigenvalue weighted by atomic mass is 79.9. The van der Waals surface area contributed by atoms with Crippen molar-refractivity contribution in [1.82, 2.24) is 10.4 Å². The summed E-state index contributed by atoms with van der Waals surface area (Å²) in [6, 6.07) is 6.32. The molecule has 0 bridgehead atoms. The predicted molar refractivity (Wildman–Crippen MR) is 74.8 cm³/mol. The fraction of sp³-hybridized carbons (Fsp3) is 0.250. The minimum atomic E-state index is 0.231. The van der Waals surface area contributed by atoms with Gasteiger partial charge in [0.15, 0.2) is 0 Å². The lowest BCUT2D eigenvalue weighted by atomic mass is 10.0. The highest BCUT2D eigenvalue weighted by molar-refractivity contribution is 9.10. The Morgan fingerprint density at radius 1 is 1.41 bits per heavy atom. The molecule has 0 aromatic carbocycles. The molecule has 0 aliphatic heterocycles. The first-order chi connectivity index (χ1) is 8.29.